The number of benzene rings is 2. The number of methoxy groups -OCH3 is 1. The lowest BCUT2D eigenvalue weighted by molar-refractivity contribution is -0.119. The molecule has 2 saturated heterocycles. The van der Waals surface area contributed by atoms with Gasteiger partial charge in [0.05, 0.1) is 13.7 Å². The first-order valence-corrected chi connectivity index (χ1v) is 10.1. The van der Waals surface area contributed by atoms with Crippen LogP contribution in [0.2, 0.25) is 0 Å². The van der Waals surface area contributed by atoms with Gasteiger partial charge in [0.2, 0.25) is 5.91 Å². The highest BCUT2D eigenvalue weighted by molar-refractivity contribution is 6.00. The number of hydrogen-bond donors (Lipinski definition) is 2. The molecule has 0 unspecified atom stereocenters. The molecular formula is C22H24N4O5. The number of hydrogen-bond acceptors (Lipinski definition) is 5. The minimum absolute atomic E-state index is 0.230. The van der Waals surface area contributed by atoms with Crippen LogP contribution in [0.4, 0.5) is 26.7 Å². The molecule has 2 N–H and O–H groups in total. The predicted molar refractivity (Wildman–Crippen MR) is 116 cm³/mol. The van der Waals surface area contributed by atoms with E-state index >= 15 is 0 Å². The van der Waals surface area contributed by atoms with Gasteiger partial charge >= 0.3 is 12.1 Å². The Morgan fingerprint density at radius 3 is 2.58 bits per heavy atom. The van der Waals surface area contributed by atoms with E-state index < -0.39 is 12.1 Å². The van der Waals surface area contributed by atoms with E-state index in [0.29, 0.717) is 48.9 Å². The molecule has 0 spiro atoms. The highest BCUT2D eigenvalue weighted by atomic mass is 16.6. The van der Waals surface area contributed by atoms with E-state index in [1.165, 1.54) is 9.80 Å². The Morgan fingerprint density at radius 1 is 1.06 bits per heavy atom. The number of rotatable bonds is 5. The molecule has 4 amide bonds. The molecule has 0 saturated carbocycles. The molecule has 0 aromatic heterocycles. The maximum Gasteiger partial charge on any atom is 0.414 e. The van der Waals surface area contributed by atoms with Crippen LogP contribution in [0.3, 0.4) is 0 Å². The number of ether oxygens (including phenoxy) is 2. The third kappa shape index (κ3) is 4.55. The van der Waals surface area contributed by atoms with E-state index in [1.807, 2.05) is 0 Å². The van der Waals surface area contributed by atoms with Gasteiger partial charge in [-0.25, -0.2) is 9.59 Å². The van der Waals surface area contributed by atoms with Crippen molar-refractivity contribution in [3.05, 3.63) is 48.5 Å². The maximum atomic E-state index is 12.9. The van der Waals surface area contributed by atoms with Gasteiger partial charge in [0.25, 0.3) is 0 Å². The van der Waals surface area contributed by atoms with Crippen LogP contribution in [0.15, 0.2) is 48.5 Å². The van der Waals surface area contributed by atoms with Crippen molar-refractivity contribution in [2.45, 2.75) is 18.9 Å². The Morgan fingerprint density at radius 2 is 1.87 bits per heavy atom. The Hall–Kier alpha value is -3.75. The molecule has 9 heteroatoms. The fourth-order valence-corrected chi connectivity index (χ4v) is 3.76. The molecule has 1 atom stereocenters. The second kappa shape index (κ2) is 8.95. The van der Waals surface area contributed by atoms with Crippen molar-refractivity contribution in [2.24, 2.45) is 0 Å². The van der Waals surface area contributed by atoms with Crippen LogP contribution in [0.1, 0.15) is 12.8 Å². The van der Waals surface area contributed by atoms with Gasteiger partial charge < -0.3 is 25.0 Å². The average molecular weight is 424 g/mol. The van der Waals surface area contributed by atoms with Crippen LogP contribution in [0, 0.1) is 0 Å². The summed E-state index contributed by atoms with van der Waals surface area (Å²) in [5.74, 6) is 0.468. The summed E-state index contributed by atoms with van der Waals surface area (Å²) < 4.78 is 10.1. The molecule has 31 heavy (non-hydrogen) atoms. The number of carbonyl (C=O) groups is 3. The number of likely N-dealkylation sites (tertiary alicyclic amines) is 1. The topological polar surface area (TPSA) is 100 Å². The van der Waals surface area contributed by atoms with Gasteiger partial charge in [-0.1, -0.05) is 6.07 Å². The summed E-state index contributed by atoms with van der Waals surface area (Å²) in [7, 11) is 1.58. The summed E-state index contributed by atoms with van der Waals surface area (Å²) in [5.41, 5.74) is 1.84. The fourth-order valence-electron chi connectivity index (χ4n) is 3.76. The van der Waals surface area contributed by atoms with Gasteiger partial charge in [-0.15, -0.1) is 0 Å². The summed E-state index contributed by atoms with van der Waals surface area (Å²) in [6.07, 6.45) is 0.932. The molecule has 2 fully saturated rings. The minimum atomic E-state index is -0.557. The number of amides is 4. The first-order chi connectivity index (χ1) is 15.0. The number of anilines is 3. The molecule has 2 aromatic rings. The molecule has 2 heterocycles. The average Bonchev–Trinajstić information content (AvgIpc) is 3.44. The normalized spacial score (nSPS) is 18.0. The van der Waals surface area contributed by atoms with Gasteiger partial charge in [-0.05, 0) is 55.3 Å². The number of nitrogens with one attached hydrogen (secondary N) is 2. The quantitative estimate of drug-likeness (QED) is 0.767. The highest BCUT2D eigenvalue weighted by Crippen LogP contribution is 2.25. The van der Waals surface area contributed by atoms with E-state index in [-0.39, 0.29) is 11.9 Å². The van der Waals surface area contributed by atoms with Crippen molar-refractivity contribution < 1.29 is 23.9 Å². The van der Waals surface area contributed by atoms with Crippen molar-refractivity contribution in [1.82, 2.24) is 4.90 Å². The van der Waals surface area contributed by atoms with Crippen LogP contribution >= 0.6 is 0 Å². The lowest BCUT2D eigenvalue weighted by Crippen LogP contribution is -2.45. The zero-order valence-electron chi connectivity index (χ0n) is 17.2. The number of cyclic esters (lactones) is 1. The second-order valence-corrected chi connectivity index (χ2v) is 7.32. The van der Waals surface area contributed by atoms with E-state index in [9.17, 15) is 14.4 Å². The highest BCUT2D eigenvalue weighted by Gasteiger charge is 2.34. The third-order valence-corrected chi connectivity index (χ3v) is 5.34. The van der Waals surface area contributed by atoms with Crippen molar-refractivity contribution in [1.29, 1.82) is 0 Å². The predicted octanol–water partition coefficient (Wildman–Crippen LogP) is 3.29. The Bertz CT molecular complexity index is 978. The fraction of sp³-hybridized carbons (Fsp3) is 0.318. The Balaban J connectivity index is 1.40. The molecule has 4 rings (SSSR count). The van der Waals surface area contributed by atoms with Crippen LogP contribution in [0.25, 0.3) is 0 Å². The molecular weight excluding hydrogens is 400 g/mol. The van der Waals surface area contributed by atoms with Crippen molar-refractivity contribution >= 4 is 35.1 Å². The zero-order chi connectivity index (χ0) is 21.8. The van der Waals surface area contributed by atoms with Gasteiger partial charge in [0, 0.05) is 23.6 Å². The van der Waals surface area contributed by atoms with Crippen LogP contribution < -0.4 is 20.3 Å². The number of urea groups is 1. The second-order valence-electron chi connectivity index (χ2n) is 7.32. The lowest BCUT2D eigenvalue weighted by atomic mass is 10.2. The van der Waals surface area contributed by atoms with Gasteiger partial charge in [0.1, 0.15) is 18.4 Å². The van der Waals surface area contributed by atoms with Crippen LogP contribution in [-0.2, 0) is 9.53 Å². The van der Waals surface area contributed by atoms with E-state index in [4.69, 9.17) is 9.47 Å². The standard InChI is InChI=1S/C22H24N4O5/c1-30-18-9-7-15(8-10-18)23-20(27)19-6-3-11-26(19)21(28)24-16-4-2-5-17(14-16)25-12-13-31-22(25)29/h2,4-5,7-10,14,19H,3,6,11-13H2,1H3,(H,23,27)(H,24,28)/t19-/m1/s1. The molecule has 0 aliphatic carbocycles. The molecule has 2 aliphatic rings. The number of nitrogens with zero attached hydrogens (tertiary/aromatic N) is 2. The van der Waals surface area contributed by atoms with Crippen molar-refractivity contribution in [2.75, 3.05) is 42.3 Å². The van der Waals surface area contributed by atoms with Crippen LogP contribution in [0.5, 0.6) is 5.75 Å². The van der Waals surface area contributed by atoms with Crippen molar-refractivity contribution in [3.63, 3.8) is 0 Å². The summed E-state index contributed by atoms with van der Waals surface area (Å²) in [6.45, 7) is 1.30. The van der Waals surface area contributed by atoms with E-state index in [2.05, 4.69) is 10.6 Å². The molecule has 162 valence electrons. The molecule has 2 aromatic carbocycles. The monoisotopic (exact) mass is 424 g/mol. The van der Waals surface area contributed by atoms with E-state index in [1.54, 1.807) is 55.6 Å². The summed E-state index contributed by atoms with van der Waals surface area (Å²) in [4.78, 5) is 40.5. The lowest BCUT2D eigenvalue weighted by Gasteiger charge is -2.24. The largest absolute Gasteiger partial charge is 0.497 e. The first-order valence-electron chi connectivity index (χ1n) is 10.1. The Kier molecular flexibility index (Phi) is 5.92. The SMILES string of the molecule is COc1ccc(NC(=O)[C@H]2CCCN2C(=O)Nc2cccc(N3CCOC3=O)c2)cc1. The smallest absolute Gasteiger partial charge is 0.414 e. The molecule has 0 radical (unpaired) electrons. The van der Waals surface area contributed by atoms with Gasteiger partial charge in [0.15, 0.2) is 0 Å². The third-order valence-electron chi connectivity index (χ3n) is 5.34. The number of carbonyl (C=O) groups excluding carboxylic acids is 3. The first kappa shape index (κ1) is 20.5. The zero-order valence-corrected chi connectivity index (χ0v) is 17.2. The molecule has 2 aliphatic heterocycles. The molecule has 0 bridgehead atoms. The summed E-state index contributed by atoms with van der Waals surface area (Å²) in [6, 6.07) is 13.1. The summed E-state index contributed by atoms with van der Waals surface area (Å²) in [5, 5.41) is 5.70. The van der Waals surface area contributed by atoms with E-state index in [0.717, 1.165) is 6.42 Å². The maximum absolute atomic E-state index is 12.9. The van der Waals surface area contributed by atoms with Gasteiger partial charge in [-0.3, -0.25) is 9.69 Å². The Labute approximate surface area is 179 Å². The van der Waals surface area contributed by atoms with Gasteiger partial charge in [-0.2, -0.15) is 0 Å². The van der Waals surface area contributed by atoms with Crippen molar-refractivity contribution in [3.8, 4) is 5.75 Å². The van der Waals surface area contributed by atoms with Crippen LogP contribution in [-0.4, -0.2) is 55.8 Å². The molecule has 9 nitrogen and oxygen atoms in total. The summed E-state index contributed by atoms with van der Waals surface area (Å²) >= 11 is 0. The minimum Gasteiger partial charge on any atom is -0.497 e.